The zero-order chi connectivity index (χ0) is 27.6. The number of fused-ring (bicyclic) bond motifs is 2. The van der Waals surface area contributed by atoms with Gasteiger partial charge in [-0.1, -0.05) is 24.3 Å². The van der Waals surface area contributed by atoms with E-state index in [1.165, 1.54) is 0 Å². The molecule has 1 aromatic rings. The molecule has 10 heteroatoms. The van der Waals surface area contributed by atoms with Gasteiger partial charge in [0.2, 0.25) is 11.8 Å². The number of carbonyl (C=O) groups is 3. The second-order valence-electron chi connectivity index (χ2n) is 11.2. The number of amides is 2. The fourth-order valence-electron chi connectivity index (χ4n) is 6.31. The van der Waals surface area contributed by atoms with Crippen molar-refractivity contribution in [2.75, 3.05) is 26.5 Å². The summed E-state index contributed by atoms with van der Waals surface area (Å²) in [4.78, 5) is 40.9. The van der Waals surface area contributed by atoms with E-state index in [0.29, 0.717) is 48.6 Å². The Hall–Kier alpha value is -3.05. The molecule has 10 nitrogen and oxygen atoms in total. The van der Waals surface area contributed by atoms with E-state index < -0.39 is 30.3 Å². The standard InChI is InChI=1S/C30H36N2O8/c33-12-10-31-28(34)22-5-2-11-32(22)29(35)21-15-25-27(38-17-37-25)26(16-21)40-30(36)20-4-1-3-18(13-20)6-7-19-8-9-23-24(14-19)39-23/h1,3-4,6-7,13,15,19,22-27,33H,2,5,8-12,14,16-17H2,(H,31,34). The van der Waals surface area contributed by atoms with Crippen LogP contribution in [0.5, 0.6) is 0 Å². The van der Waals surface area contributed by atoms with E-state index in [4.69, 9.17) is 24.1 Å². The quantitative estimate of drug-likeness (QED) is 0.370. The molecule has 7 atom stereocenters. The predicted octanol–water partition coefficient (Wildman–Crippen LogP) is 1.96. The summed E-state index contributed by atoms with van der Waals surface area (Å²) in [6.45, 7) is 0.478. The van der Waals surface area contributed by atoms with Gasteiger partial charge in [-0.2, -0.15) is 0 Å². The topological polar surface area (TPSA) is 127 Å². The minimum Gasteiger partial charge on any atom is -0.456 e. The van der Waals surface area contributed by atoms with Gasteiger partial charge in [-0.3, -0.25) is 9.59 Å². The maximum Gasteiger partial charge on any atom is 0.338 e. The molecule has 0 radical (unpaired) electrons. The lowest BCUT2D eigenvalue weighted by atomic mass is 9.88. The van der Waals surface area contributed by atoms with E-state index in [1.54, 1.807) is 17.0 Å². The van der Waals surface area contributed by atoms with Crippen molar-refractivity contribution in [3.8, 4) is 0 Å². The zero-order valence-electron chi connectivity index (χ0n) is 22.4. The second-order valence-corrected chi connectivity index (χ2v) is 11.2. The molecule has 2 N–H and O–H groups in total. The van der Waals surface area contributed by atoms with Crippen LogP contribution in [-0.4, -0.2) is 90.8 Å². The highest BCUT2D eigenvalue weighted by Gasteiger charge is 2.45. The van der Waals surface area contributed by atoms with Gasteiger partial charge >= 0.3 is 5.97 Å². The highest BCUT2D eigenvalue weighted by Crippen LogP contribution is 2.40. The number of rotatable bonds is 8. The smallest absolute Gasteiger partial charge is 0.338 e. The highest BCUT2D eigenvalue weighted by molar-refractivity contribution is 5.98. The van der Waals surface area contributed by atoms with Gasteiger partial charge in [0.1, 0.15) is 31.1 Å². The lowest BCUT2D eigenvalue weighted by molar-refractivity contribution is -0.136. The predicted molar refractivity (Wildman–Crippen MR) is 143 cm³/mol. The average Bonchev–Trinajstić information content (AvgIpc) is 3.32. The number of ether oxygens (including phenoxy) is 4. The summed E-state index contributed by atoms with van der Waals surface area (Å²) in [5, 5.41) is 11.7. The van der Waals surface area contributed by atoms with Crippen molar-refractivity contribution >= 4 is 23.9 Å². The van der Waals surface area contributed by atoms with Gasteiger partial charge < -0.3 is 34.3 Å². The number of likely N-dealkylation sites (tertiary alicyclic amines) is 1. The van der Waals surface area contributed by atoms with Crippen molar-refractivity contribution in [2.24, 2.45) is 5.92 Å². The van der Waals surface area contributed by atoms with Gasteiger partial charge in [-0.25, -0.2) is 4.79 Å². The van der Waals surface area contributed by atoms with Gasteiger partial charge in [0.25, 0.3) is 0 Å². The lowest BCUT2D eigenvalue weighted by Crippen LogP contribution is -2.49. The maximum absolute atomic E-state index is 13.5. The fourth-order valence-corrected chi connectivity index (χ4v) is 6.31. The third-order valence-corrected chi connectivity index (χ3v) is 8.49. The number of carbonyl (C=O) groups excluding carboxylic acids is 3. The molecule has 1 aromatic carbocycles. The number of hydrogen-bond acceptors (Lipinski definition) is 8. The summed E-state index contributed by atoms with van der Waals surface area (Å²) < 4.78 is 23.0. The summed E-state index contributed by atoms with van der Waals surface area (Å²) in [5.41, 5.74) is 1.79. The molecule has 3 aliphatic heterocycles. The summed E-state index contributed by atoms with van der Waals surface area (Å²) in [5.74, 6) is -0.552. The number of aliphatic hydroxyl groups is 1. The normalized spacial score (nSPS) is 32.8. The van der Waals surface area contributed by atoms with Crippen LogP contribution in [0.2, 0.25) is 0 Å². The number of esters is 1. The van der Waals surface area contributed by atoms with E-state index in [-0.39, 0.29) is 38.2 Å². The first kappa shape index (κ1) is 27.1. The summed E-state index contributed by atoms with van der Waals surface area (Å²) >= 11 is 0. The molecule has 3 heterocycles. The van der Waals surface area contributed by atoms with Crippen molar-refractivity contribution in [1.29, 1.82) is 0 Å². The van der Waals surface area contributed by atoms with Crippen molar-refractivity contribution in [1.82, 2.24) is 10.2 Å². The molecule has 2 amide bonds. The highest BCUT2D eigenvalue weighted by atomic mass is 16.7. The molecule has 214 valence electrons. The van der Waals surface area contributed by atoms with Crippen LogP contribution in [0.1, 0.15) is 54.4 Å². The average molecular weight is 553 g/mol. The number of hydrogen-bond donors (Lipinski definition) is 2. The summed E-state index contributed by atoms with van der Waals surface area (Å²) in [6.07, 6.45) is 9.85. The van der Waals surface area contributed by atoms with Crippen molar-refractivity contribution in [3.63, 3.8) is 0 Å². The van der Waals surface area contributed by atoms with Crippen LogP contribution in [0.3, 0.4) is 0 Å². The Morgan fingerprint density at radius 1 is 1.15 bits per heavy atom. The SMILES string of the molecule is O=C(OC1CC(C(=O)N2CCCC2C(=O)NCCO)=CC2OCOC21)c1cccc(C=CC2CCC3OC3C2)c1. The van der Waals surface area contributed by atoms with Crippen LogP contribution in [0.15, 0.2) is 42.0 Å². The van der Waals surface area contributed by atoms with E-state index in [1.807, 2.05) is 18.2 Å². The molecule has 1 saturated carbocycles. The van der Waals surface area contributed by atoms with Crippen LogP contribution >= 0.6 is 0 Å². The monoisotopic (exact) mass is 552 g/mol. The molecule has 2 aliphatic carbocycles. The molecular weight excluding hydrogens is 516 g/mol. The lowest BCUT2D eigenvalue weighted by Gasteiger charge is -2.32. The van der Waals surface area contributed by atoms with Gasteiger partial charge in [0, 0.05) is 25.1 Å². The minimum absolute atomic E-state index is 0.0470. The van der Waals surface area contributed by atoms with E-state index >= 15 is 0 Å². The Morgan fingerprint density at radius 2 is 2.05 bits per heavy atom. The molecule has 0 bridgehead atoms. The van der Waals surface area contributed by atoms with Crippen molar-refractivity contribution < 1.29 is 38.4 Å². The largest absolute Gasteiger partial charge is 0.456 e. The Labute approximate surface area is 233 Å². The summed E-state index contributed by atoms with van der Waals surface area (Å²) in [6, 6.07) is 6.73. The molecule has 3 saturated heterocycles. The zero-order valence-corrected chi connectivity index (χ0v) is 22.4. The van der Waals surface area contributed by atoms with Crippen LogP contribution in [0, 0.1) is 5.92 Å². The molecule has 0 spiro atoms. The molecule has 7 unspecified atom stereocenters. The van der Waals surface area contributed by atoms with Gasteiger partial charge in [-0.05, 0) is 61.8 Å². The Morgan fingerprint density at radius 3 is 2.90 bits per heavy atom. The molecule has 6 rings (SSSR count). The number of aliphatic hydroxyl groups excluding tert-OH is 1. The third-order valence-electron chi connectivity index (χ3n) is 8.49. The summed E-state index contributed by atoms with van der Waals surface area (Å²) in [7, 11) is 0. The molecular formula is C30H36N2O8. The maximum atomic E-state index is 13.5. The van der Waals surface area contributed by atoms with Gasteiger partial charge in [-0.15, -0.1) is 0 Å². The Kier molecular flexibility index (Phi) is 8.02. The number of epoxide rings is 1. The minimum atomic E-state index is -0.707. The number of nitrogens with one attached hydrogen (secondary N) is 1. The Bertz CT molecular complexity index is 1200. The van der Waals surface area contributed by atoms with Gasteiger partial charge in [0.15, 0.2) is 0 Å². The number of allylic oxidation sites excluding steroid dienone is 1. The molecule has 0 aromatic heterocycles. The van der Waals surface area contributed by atoms with Crippen LogP contribution < -0.4 is 5.32 Å². The van der Waals surface area contributed by atoms with Crippen LogP contribution in [0.25, 0.3) is 6.08 Å². The van der Waals surface area contributed by atoms with E-state index in [9.17, 15) is 14.4 Å². The first-order valence-corrected chi connectivity index (χ1v) is 14.3. The van der Waals surface area contributed by atoms with Crippen LogP contribution in [-0.2, 0) is 28.5 Å². The third kappa shape index (κ3) is 5.85. The fraction of sp³-hybridized carbons (Fsp3) is 0.567. The molecule has 5 aliphatic rings. The van der Waals surface area contributed by atoms with Crippen molar-refractivity contribution in [2.45, 2.75) is 75.1 Å². The van der Waals surface area contributed by atoms with Crippen molar-refractivity contribution in [3.05, 3.63) is 53.1 Å². The number of benzene rings is 1. The van der Waals surface area contributed by atoms with E-state index in [2.05, 4.69) is 17.5 Å². The molecule has 4 fully saturated rings. The number of nitrogens with zero attached hydrogens (tertiary/aromatic N) is 1. The van der Waals surface area contributed by atoms with Crippen LogP contribution in [0.4, 0.5) is 0 Å². The first-order chi connectivity index (χ1) is 19.5. The Balaban J connectivity index is 1.11. The molecule has 40 heavy (non-hydrogen) atoms. The first-order valence-electron chi connectivity index (χ1n) is 14.3. The van der Waals surface area contributed by atoms with E-state index in [0.717, 1.165) is 24.8 Å². The van der Waals surface area contributed by atoms with Gasteiger partial charge in [0.05, 0.1) is 24.4 Å². The second kappa shape index (κ2) is 11.8.